The third kappa shape index (κ3) is 6.01. The quantitative estimate of drug-likeness (QED) is 0.590. The van der Waals surface area contributed by atoms with Gasteiger partial charge in [0.25, 0.3) is 0 Å². The molecular weight excluding hydrogens is 338 g/mol. The first kappa shape index (κ1) is 20.3. The van der Waals surface area contributed by atoms with Crippen LogP contribution in [-0.2, 0) is 9.47 Å². The number of ether oxygens (including phenoxy) is 2. The number of nitrogens with zero attached hydrogens (tertiary/aromatic N) is 3. The summed E-state index contributed by atoms with van der Waals surface area (Å²) >= 11 is 1.75. The Balaban J connectivity index is 2.05. The summed E-state index contributed by atoms with van der Waals surface area (Å²) in [6.45, 7) is 9.50. The van der Waals surface area contributed by atoms with E-state index in [1.807, 2.05) is 12.3 Å². The predicted octanol–water partition coefficient (Wildman–Crippen LogP) is 3.27. The maximum atomic E-state index is 12.5. The largest absolute Gasteiger partial charge is 0.378 e. The van der Waals surface area contributed by atoms with E-state index in [2.05, 4.69) is 30.7 Å². The van der Waals surface area contributed by atoms with E-state index in [0.717, 1.165) is 57.0 Å². The molecule has 2 heterocycles. The van der Waals surface area contributed by atoms with Crippen LogP contribution >= 0.6 is 11.8 Å². The molecule has 1 saturated heterocycles. The summed E-state index contributed by atoms with van der Waals surface area (Å²) in [6.07, 6.45) is 5.45. The molecule has 1 fully saturated rings. The summed E-state index contributed by atoms with van der Waals surface area (Å²) in [7, 11) is 0. The molecule has 1 aromatic heterocycles. The van der Waals surface area contributed by atoms with Crippen LogP contribution in [-0.4, -0.2) is 47.0 Å². The fraction of sp³-hybridized carbons (Fsp3) is 0.778. The van der Waals surface area contributed by atoms with E-state index < -0.39 is 0 Å². The van der Waals surface area contributed by atoms with Crippen molar-refractivity contribution in [1.29, 1.82) is 0 Å². The molecular formula is C18H31N3O3S. The molecule has 0 amide bonds. The molecule has 0 aliphatic carbocycles. The lowest BCUT2D eigenvalue weighted by atomic mass is 10.3. The lowest BCUT2D eigenvalue weighted by Crippen LogP contribution is -2.36. The molecule has 0 unspecified atom stereocenters. The third-order valence-corrected chi connectivity index (χ3v) is 5.11. The van der Waals surface area contributed by atoms with Gasteiger partial charge in [-0.1, -0.05) is 20.8 Å². The van der Waals surface area contributed by atoms with E-state index in [9.17, 15) is 4.79 Å². The van der Waals surface area contributed by atoms with Crippen LogP contribution in [0, 0.1) is 0 Å². The van der Waals surface area contributed by atoms with Gasteiger partial charge in [0.2, 0.25) is 0 Å². The topological polar surface area (TPSA) is 56.6 Å². The van der Waals surface area contributed by atoms with Gasteiger partial charge >= 0.3 is 5.69 Å². The summed E-state index contributed by atoms with van der Waals surface area (Å²) in [6, 6.07) is 1.93. The average molecular weight is 370 g/mol. The Kier molecular flexibility index (Phi) is 8.78. The summed E-state index contributed by atoms with van der Waals surface area (Å²) in [5.41, 5.74) is -0.256. The van der Waals surface area contributed by atoms with Crippen LogP contribution < -0.4 is 10.6 Å². The van der Waals surface area contributed by atoms with Crippen molar-refractivity contribution in [2.24, 2.45) is 0 Å². The second-order valence-electron chi connectivity index (χ2n) is 6.22. The molecule has 0 radical (unpaired) electrons. The van der Waals surface area contributed by atoms with Crippen LogP contribution in [0.2, 0.25) is 0 Å². The molecule has 0 aromatic carbocycles. The van der Waals surface area contributed by atoms with Gasteiger partial charge < -0.3 is 14.4 Å². The summed E-state index contributed by atoms with van der Waals surface area (Å²) in [5, 5.41) is 0. The Morgan fingerprint density at radius 3 is 2.72 bits per heavy atom. The van der Waals surface area contributed by atoms with Crippen LogP contribution in [0.4, 0.5) is 5.82 Å². The van der Waals surface area contributed by atoms with Crippen LogP contribution in [0.5, 0.6) is 0 Å². The van der Waals surface area contributed by atoms with E-state index in [1.165, 1.54) is 0 Å². The molecule has 1 aliphatic rings. The van der Waals surface area contributed by atoms with Gasteiger partial charge in [-0.3, -0.25) is 4.57 Å². The Labute approximate surface area is 154 Å². The molecule has 0 spiro atoms. The fourth-order valence-corrected chi connectivity index (χ4v) is 3.88. The average Bonchev–Trinajstić information content (AvgIpc) is 2.62. The first-order chi connectivity index (χ1) is 12.2. The minimum Gasteiger partial charge on any atom is -0.378 e. The van der Waals surface area contributed by atoms with Gasteiger partial charge in [-0.25, -0.2) is 4.79 Å². The molecule has 2 rings (SSSR count). The normalized spacial score (nSPS) is 20.6. The number of thioether (sulfide) groups is 1. The molecule has 1 aliphatic heterocycles. The molecule has 0 bridgehead atoms. The molecule has 1 aromatic rings. The van der Waals surface area contributed by atoms with Gasteiger partial charge in [0.15, 0.2) is 0 Å². The summed E-state index contributed by atoms with van der Waals surface area (Å²) in [4.78, 5) is 19.0. The highest BCUT2D eigenvalue weighted by molar-refractivity contribution is 7.99. The molecule has 25 heavy (non-hydrogen) atoms. The highest BCUT2D eigenvalue weighted by Crippen LogP contribution is 2.29. The number of hydrogen-bond acceptors (Lipinski definition) is 6. The summed E-state index contributed by atoms with van der Waals surface area (Å²) in [5.74, 6) is 1.72. The monoisotopic (exact) mass is 369 g/mol. The van der Waals surface area contributed by atoms with Crippen molar-refractivity contribution in [2.45, 2.75) is 58.1 Å². The Bertz CT molecular complexity index is 561. The van der Waals surface area contributed by atoms with Crippen molar-refractivity contribution in [2.75, 3.05) is 37.0 Å². The minimum absolute atomic E-state index is 0.0199. The van der Waals surface area contributed by atoms with Crippen molar-refractivity contribution < 1.29 is 9.47 Å². The van der Waals surface area contributed by atoms with Gasteiger partial charge in [0.05, 0.1) is 6.61 Å². The van der Waals surface area contributed by atoms with Crippen molar-refractivity contribution >= 4 is 17.6 Å². The van der Waals surface area contributed by atoms with Crippen LogP contribution in [0.3, 0.4) is 0 Å². The molecule has 6 nitrogen and oxygen atoms in total. The highest BCUT2D eigenvalue weighted by atomic mass is 32.2. The van der Waals surface area contributed by atoms with Gasteiger partial charge in [-0.2, -0.15) is 4.98 Å². The van der Waals surface area contributed by atoms with Crippen LogP contribution in [0.15, 0.2) is 17.1 Å². The van der Waals surface area contributed by atoms with Gasteiger partial charge in [0.1, 0.15) is 17.5 Å². The van der Waals surface area contributed by atoms with Crippen LogP contribution in [0.25, 0.3) is 0 Å². The Morgan fingerprint density at radius 2 is 2.08 bits per heavy atom. The van der Waals surface area contributed by atoms with Gasteiger partial charge in [0, 0.05) is 38.1 Å². The lowest BCUT2D eigenvalue weighted by Gasteiger charge is -2.30. The molecule has 2 atom stereocenters. The number of rotatable bonds is 10. The third-order valence-electron chi connectivity index (χ3n) is 4.02. The van der Waals surface area contributed by atoms with E-state index >= 15 is 0 Å². The van der Waals surface area contributed by atoms with Gasteiger partial charge in [-0.15, -0.1) is 11.8 Å². The standard InChI is InChI=1S/C18H31N3O3S/c1-4-9-20(10-5-2)15-7-11-21(18(22)19-15)16-8-13-25-17(24-16)14-23-12-6-3/h7,11,16-17H,4-6,8-10,12-14H2,1-3H3/t16-,17+/m1/s1. The van der Waals surface area contributed by atoms with Crippen molar-refractivity contribution in [3.63, 3.8) is 0 Å². The van der Waals surface area contributed by atoms with E-state index in [1.54, 1.807) is 16.3 Å². The van der Waals surface area contributed by atoms with Crippen molar-refractivity contribution in [3.8, 4) is 0 Å². The SMILES string of the molecule is CCCOC[C@H]1O[C@@H](n2ccc(N(CCC)CCC)nc2=O)CCS1. The zero-order valence-electron chi connectivity index (χ0n) is 15.6. The fourth-order valence-electron chi connectivity index (χ4n) is 2.88. The zero-order valence-corrected chi connectivity index (χ0v) is 16.5. The Hall–Kier alpha value is -1.05. The first-order valence-corrected chi connectivity index (χ1v) is 10.4. The predicted molar refractivity (Wildman–Crippen MR) is 103 cm³/mol. The van der Waals surface area contributed by atoms with E-state index in [-0.39, 0.29) is 17.4 Å². The Morgan fingerprint density at radius 1 is 1.32 bits per heavy atom. The molecule has 0 saturated carbocycles. The highest BCUT2D eigenvalue weighted by Gasteiger charge is 2.25. The number of hydrogen-bond donors (Lipinski definition) is 0. The van der Waals surface area contributed by atoms with Crippen molar-refractivity contribution in [1.82, 2.24) is 9.55 Å². The first-order valence-electron chi connectivity index (χ1n) is 9.38. The number of anilines is 1. The maximum absolute atomic E-state index is 12.5. The van der Waals surface area contributed by atoms with E-state index in [0.29, 0.717) is 6.61 Å². The van der Waals surface area contributed by atoms with Gasteiger partial charge in [-0.05, 0) is 25.3 Å². The lowest BCUT2D eigenvalue weighted by molar-refractivity contribution is -0.0568. The number of aromatic nitrogens is 2. The molecule has 7 heteroatoms. The second-order valence-corrected chi connectivity index (χ2v) is 7.48. The minimum atomic E-state index is -0.253. The maximum Gasteiger partial charge on any atom is 0.351 e. The van der Waals surface area contributed by atoms with Crippen LogP contribution in [0.1, 0.15) is 52.7 Å². The van der Waals surface area contributed by atoms with Crippen molar-refractivity contribution in [3.05, 3.63) is 22.7 Å². The smallest absolute Gasteiger partial charge is 0.351 e. The zero-order chi connectivity index (χ0) is 18.1. The molecule has 0 N–H and O–H groups in total. The second kappa shape index (κ2) is 10.8. The summed E-state index contributed by atoms with van der Waals surface area (Å²) < 4.78 is 13.2. The van der Waals surface area contributed by atoms with E-state index in [4.69, 9.17) is 9.47 Å². The molecule has 142 valence electrons.